The first-order valence-corrected chi connectivity index (χ1v) is 12.6. The number of thioether (sulfide) groups is 1. The molecule has 2 aromatic rings. The lowest BCUT2D eigenvalue weighted by Gasteiger charge is -2.24. The van der Waals surface area contributed by atoms with Gasteiger partial charge < -0.3 is 14.4 Å². The molecule has 2 saturated heterocycles. The molecule has 31 heavy (non-hydrogen) atoms. The molecular weight excluding hydrogens is 460 g/mol. The van der Waals surface area contributed by atoms with E-state index in [4.69, 9.17) is 21.1 Å². The van der Waals surface area contributed by atoms with Crippen LogP contribution in [0.25, 0.3) is 0 Å². The lowest BCUT2D eigenvalue weighted by Crippen LogP contribution is -2.37. The first kappa shape index (κ1) is 22.0. The second-order valence-electron chi connectivity index (χ2n) is 7.30. The predicted molar refractivity (Wildman–Crippen MR) is 123 cm³/mol. The van der Waals surface area contributed by atoms with Crippen molar-refractivity contribution >= 4 is 50.0 Å². The lowest BCUT2D eigenvalue weighted by atomic mass is 10.1. The molecule has 0 aliphatic carbocycles. The number of ether oxygens (including phenoxy) is 2. The van der Waals surface area contributed by atoms with Crippen LogP contribution in [-0.4, -0.2) is 56.5 Å². The van der Waals surface area contributed by atoms with Crippen LogP contribution < -0.4 is 14.4 Å². The van der Waals surface area contributed by atoms with Crippen LogP contribution in [0.1, 0.15) is 5.56 Å². The number of carbonyl (C=O) groups is 1. The van der Waals surface area contributed by atoms with Gasteiger partial charge in [0, 0.05) is 16.0 Å². The van der Waals surface area contributed by atoms with Crippen LogP contribution in [-0.2, 0) is 21.1 Å². The predicted octanol–water partition coefficient (Wildman–Crippen LogP) is 3.20. The van der Waals surface area contributed by atoms with Crippen LogP contribution in [0.2, 0.25) is 5.02 Å². The highest BCUT2D eigenvalue weighted by atomic mass is 35.5. The summed E-state index contributed by atoms with van der Waals surface area (Å²) >= 11 is 7.35. The van der Waals surface area contributed by atoms with Crippen LogP contribution in [0.3, 0.4) is 0 Å². The molecule has 0 saturated carbocycles. The Balaban J connectivity index is 1.60. The van der Waals surface area contributed by atoms with Crippen molar-refractivity contribution in [3.63, 3.8) is 0 Å². The number of amides is 1. The van der Waals surface area contributed by atoms with Crippen molar-refractivity contribution in [1.29, 1.82) is 0 Å². The normalized spacial score (nSPS) is 23.1. The zero-order valence-corrected chi connectivity index (χ0v) is 19.3. The number of methoxy groups -OCH3 is 2. The van der Waals surface area contributed by atoms with Crippen molar-refractivity contribution in [1.82, 2.24) is 0 Å². The van der Waals surface area contributed by atoms with Gasteiger partial charge >= 0.3 is 0 Å². The standard InChI is InChI=1S/C21H21ClN2O5S2/c1-28-17-8-3-13(9-18(17)29-2)10-20(25)23-21-24(15-6-4-14(22)5-7-15)16-11-31(26,27)12-19(16)30-21/h3-9,16,19H,10-12H2,1-2H3/t16-,19-/m1/s1. The Morgan fingerprint density at radius 2 is 1.84 bits per heavy atom. The quantitative estimate of drug-likeness (QED) is 0.649. The lowest BCUT2D eigenvalue weighted by molar-refractivity contribution is -0.117. The molecule has 0 N–H and O–H groups in total. The molecule has 4 rings (SSSR count). The summed E-state index contributed by atoms with van der Waals surface area (Å²) in [5.41, 5.74) is 1.51. The summed E-state index contributed by atoms with van der Waals surface area (Å²) in [6, 6.07) is 12.1. The van der Waals surface area contributed by atoms with Crippen molar-refractivity contribution in [2.24, 2.45) is 4.99 Å². The van der Waals surface area contributed by atoms with Gasteiger partial charge in [-0.1, -0.05) is 29.4 Å². The van der Waals surface area contributed by atoms with Crippen LogP contribution in [0, 0.1) is 0 Å². The van der Waals surface area contributed by atoms with Gasteiger partial charge in [-0.25, -0.2) is 8.42 Å². The molecule has 164 valence electrons. The molecule has 2 aliphatic rings. The fourth-order valence-corrected chi connectivity index (χ4v) is 7.84. The highest BCUT2D eigenvalue weighted by molar-refractivity contribution is 8.16. The molecule has 0 spiro atoms. The van der Waals surface area contributed by atoms with E-state index in [1.807, 2.05) is 17.0 Å². The number of fused-ring (bicyclic) bond motifs is 1. The second kappa shape index (κ2) is 8.72. The number of hydrogen-bond donors (Lipinski definition) is 0. The Labute approximate surface area is 190 Å². The van der Waals surface area contributed by atoms with E-state index in [1.165, 1.54) is 18.9 Å². The molecule has 1 amide bonds. The van der Waals surface area contributed by atoms with Gasteiger partial charge in [-0.05, 0) is 42.0 Å². The third-order valence-corrected chi connectivity index (χ3v) is 8.66. The number of halogens is 1. The molecule has 2 aromatic carbocycles. The van der Waals surface area contributed by atoms with Crippen molar-refractivity contribution in [2.45, 2.75) is 17.7 Å². The third-order valence-electron chi connectivity index (χ3n) is 5.20. The van der Waals surface area contributed by atoms with Crippen LogP contribution in [0.15, 0.2) is 47.5 Å². The van der Waals surface area contributed by atoms with Crippen LogP contribution in [0.4, 0.5) is 5.69 Å². The van der Waals surface area contributed by atoms with Gasteiger partial charge in [-0.2, -0.15) is 4.99 Å². The Bertz CT molecular complexity index is 1130. The van der Waals surface area contributed by atoms with Crippen molar-refractivity contribution in [3.8, 4) is 11.5 Å². The number of anilines is 1. The van der Waals surface area contributed by atoms with E-state index in [2.05, 4.69) is 4.99 Å². The van der Waals surface area contributed by atoms with Crippen LogP contribution in [0.5, 0.6) is 11.5 Å². The first-order valence-electron chi connectivity index (χ1n) is 9.54. The van der Waals surface area contributed by atoms with E-state index >= 15 is 0 Å². The summed E-state index contributed by atoms with van der Waals surface area (Å²) in [6.07, 6.45) is 0.0898. The maximum absolute atomic E-state index is 12.8. The molecule has 0 bridgehead atoms. The summed E-state index contributed by atoms with van der Waals surface area (Å²) in [5.74, 6) is 0.917. The number of benzene rings is 2. The van der Waals surface area contributed by atoms with E-state index in [9.17, 15) is 13.2 Å². The zero-order valence-electron chi connectivity index (χ0n) is 16.9. The number of hydrogen-bond acceptors (Lipinski definition) is 6. The topological polar surface area (TPSA) is 85.3 Å². The molecule has 2 atom stereocenters. The fraction of sp³-hybridized carbons (Fsp3) is 0.333. The molecule has 10 heteroatoms. The van der Waals surface area contributed by atoms with Crippen molar-refractivity contribution in [2.75, 3.05) is 30.6 Å². The maximum atomic E-state index is 12.8. The molecule has 0 unspecified atom stereocenters. The fourth-order valence-electron chi connectivity index (χ4n) is 3.78. The average Bonchev–Trinajstić information content (AvgIpc) is 3.19. The van der Waals surface area contributed by atoms with E-state index < -0.39 is 9.84 Å². The highest BCUT2D eigenvalue weighted by Crippen LogP contribution is 2.41. The summed E-state index contributed by atoms with van der Waals surface area (Å²) < 4.78 is 34.9. The second-order valence-corrected chi connectivity index (χ2v) is 11.1. The Morgan fingerprint density at radius 3 is 2.52 bits per heavy atom. The minimum Gasteiger partial charge on any atom is -0.493 e. The highest BCUT2D eigenvalue weighted by Gasteiger charge is 2.49. The summed E-state index contributed by atoms with van der Waals surface area (Å²) in [4.78, 5) is 19.0. The monoisotopic (exact) mass is 480 g/mol. The van der Waals surface area contributed by atoms with E-state index in [1.54, 1.807) is 37.4 Å². The number of carbonyl (C=O) groups excluding carboxylic acids is 1. The number of aliphatic imine (C=N–C) groups is 1. The number of sulfone groups is 1. The Hall–Kier alpha value is -2.23. The molecule has 2 heterocycles. The van der Waals surface area contributed by atoms with Gasteiger partial charge in [0.25, 0.3) is 5.91 Å². The summed E-state index contributed by atoms with van der Waals surface area (Å²) in [5, 5.41) is 0.931. The third kappa shape index (κ3) is 4.68. The number of nitrogens with zero attached hydrogens (tertiary/aromatic N) is 2. The van der Waals surface area contributed by atoms with E-state index in [-0.39, 0.29) is 35.1 Å². The molecule has 2 aliphatic heterocycles. The molecular formula is C21H21ClN2O5S2. The molecule has 0 aromatic heterocycles. The van der Waals surface area contributed by atoms with Gasteiger partial charge in [0.1, 0.15) is 0 Å². The molecule has 2 fully saturated rings. The van der Waals surface area contributed by atoms with Gasteiger partial charge in [0.05, 0.1) is 38.2 Å². The zero-order chi connectivity index (χ0) is 22.2. The van der Waals surface area contributed by atoms with E-state index in [0.717, 1.165) is 11.3 Å². The number of rotatable bonds is 5. The number of amidine groups is 1. The molecule has 0 radical (unpaired) electrons. The summed E-state index contributed by atoms with van der Waals surface area (Å²) in [6.45, 7) is 0. The molecule has 7 nitrogen and oxygen atoms in total. The van der Waals surface area contributed by atoms with Gasteiger partial charge in [0.15, 0.2) is 26.5 Å². The van der Waals surface area contributed by atoms with Gasteiger partial charge in [0.2, 0.25) is 0 Å². The average molecular weight is 481 g/mol. The smallest absolute Gasteiger partial charge is 0.252 e. The minimum atomic E-state index is -3.12. The van der Waals surface area contributed by atoms with Crippen molar-refractivity contribution < 1.29 is 22.7 Å². The van der Waals surface area contributed by atoms with E-state index in [0.29, 0.717) is 21.7 Å². The SMILES string of the molecule is COc1ccc(CC(=O)N=C2S[C@@H]3CS(=O)(=O)C[C@H]3N2c2ccc(Cl)cc2)cc1OC. The van der Waals surface area contributed by atoms with Crippen molar-refractivity contribution in [3.05, 3.63) is 53.1 Å². The first-order chi connectivity index (χ1) is 14.8. The Morgan fingerprint density at radius 1 is 1.13 bits per heavy atom. The summed E-state index contributed by atoms with van der Waals surface area (Å²) in [7, 11) is -0.0363. The Kier molecular flexibility index (Phi) is 6.18. The maximum Gasteiger partial charge on any atom is 0.252 e. The van der Waals surface area contributed by atoms with Gasteiger partial charge in [-0.3, -0.25) is 4.79 Å². The van der Waals surface area contributed by atoms with Gasteiger partial charge in [-0.15, -0.1) is 0 Å². The largest absolute Gasteiger partial charge is 0.493 e. The van der Waals surface area contributed by atoms with Crippen LogP contribution >= 0.6 is 23.4 Å². The minimum absolute atomic E-state index is 0.0379.